The molecule has 0 bridgehead atoms. The minimum Gasteiger partial charge on any atom is -0.258 e. The van der Waals surface area contributed by atoms with E-state index in [9.17, 15) is 30.3 Å². The number of thiophene rings is 1. The van der Waals surface area contributed by atoms with Crippen LogP contribution >= 0.6 is 11.3 Å². The number of rotatable bonds is 3. The lowest BCUT2D eigenvalue weighted by Gasteiger charge is -2.01. The van der Waals surface area contributed by atoms with Crippen LogP contribution in [0.3, 0.4) is 0 Å². The molecule has 0 saturated heterocycles. The lowest BCUT2D eigenvalue weighted by atomic mass is 10.1. The maximum Gasteiger partial charge on any atom is 0.324 e. The minimum absolute atomic E-state index is 0.0988. The molecule has 0 spiro atoms. The van der Waals surface area contributed by atoms with Crippen LogP contribution in [0.4, 0.5) is 16.4 Å². The first-order valence-corrected chi connectivity index (χ1v) is 6.43. The first-order chi connectivity index (χ1) is 9.88. The summed E-state index contributed by atoms with van der Waals surface area (Å²) in [5, 5.41) is 32.6. The van der Waals surface area contributed by atoms with E-state index in [4.69, 9.17) is 0 Å². The van der Waals surface area contributed by atoms with Gasteiger partial charge in [0.15, 0.2) is 0 Å². The maximum absolute atomic E-state index is 11.1. The van der Waals surface area contributed by atoms with Crippen molar-refractivity contribution in [2.45, 2.75) is 6.42 Å². The second kappa shape index (κ2) is 4.31. The average molecular weight is 307 g/mol. The van der Waals surface area contributed by atoms with E-state index in [0.717, 1.165) is 17.4 Å². The van der Waals surface area contributed by atoms with Crippen molar-refractivity contribution in [3.8, 4) is 10.4 Å². The number of hydrogen-bond donors (Lipinski definition) is 0. The monoisotopic (exact) mass is 307 g/mol. The van der Waals surface area contributed by atoms with Gasteiger partial charge in [0.25, 0.3) is 11.4 Å². The van der Waals surface area contributed by atoms with Gasteiger partial charge in [0.05, 0.1) is 31.3 Å². The van der Waals surface area contributed by atoms with Crippen molar-refractivity contribution in [2.75, 3.05) is 0 Å². The summed E-state index contributed by atoms with van der Waals surface area (Å²) in [5.74, 6) is 0. The van der Waals surface area contributed by atoms with E-state index in [1.807, 2.05) is 0 Å². The molecule has 10 heteroatoms. The molecule has 0 radical (unpaired) electrons. The van der Waals surface area contributed by atoms with Crippen molar-refractivity contribution in [1.82, 2.24) is 0 Å². The van der Waals surface area contributed by atoms with E-state index >= 15 is 0 Å². The molecule has 0 amide bonds. The number of nitrogens with zero attached hydrogens (tertiary/aromatic N) is 3. The fourth-order valence-corrected chi connectivity index (χ4v) is 3.46. The lowest BCUT2D eigenvalue weighted by molar-refractivity contribution is -0.393. The molecule has 1 aromatic carbocycles. The highest BCUT2D eigenvalue weighted by atomic mass is 32.1. The standard InChI is InChI=1S/C11H5N3O6S/c15-12(16)7-2-5-1-6-3-9(14(19)20)21-11(6)10(5)8(4-7)13(17)18/h2-4H,1H2. The Hall–Kier alpha value is -2.88. The molecule has 1 aromatic heterocycles. The Bertz CT molecular complexity index is 828. The molecule has 0 N–H and O–H groups in total. The van der Waals surface area contributed by atoms with Gasteiger partial charge in [-0.1, -0.05) is 11.3 Å². The molecule has 2 aromatic rings. The Balaban J connectivity index is 2.26. The van der Waals surface area contributed by atoms with Gasteiger partial charge in [-0.2, -0.15) is 0 Å². The summed E-state index contributed by atoms with van der Waals surface area (Å²) in [6.45, 7) is 0. The molecule has 1 aliphatic carbocycles. The van der Waals surface area contributed by atoms with E-state index < -0.39 is 20.5 Å². The Morgan fingerprint density at radius 3 is 2.19 bits per heavy atom. The summed E-state index contributed by atoms with van der Waals surface area (Å²) < 4.78 is 0. The molecule has 3 rings (SSSR count). The van der Waals surface area contributed by atoms with E-state index in [0.29, 0.717) is 16.0 Å². The van der Waals surface area contributed by atoms with Gasteiger partial charge in [0.1, 0.15) is 0 Å². The molecule has 9 nitrogen and oxygen atoms in total. The SMILES string of the molecule is O=[N+]([O-])c1cc2c(c([N+](=O)[O-])c1)-c1sc([N+](=O)[O-])cc1C2. The molecular formula is C11H5N3O6S. The van der Waals surface area contributed by atoms with Crippen LogP contribution in [0.15, 0.2) is 18.2 Å². The number of non-ortho nitro benzene ring substituents is 1. The summed E-state index contributed by atoms with van der Waals surface area (Å²) in [7, 11) is 0. The highest BCUT2D eigenvalue weighted by Crippen LogP contribution is 2.49. The Morgan fingerprint density at radius 2 is 1.62 bits per heavy atom. The third kappa shape index (κ3) is 1.92. The molecule has 1 aliphatic rings. The molecule has 0 saturated carbocycles. The van der Waals surface area contributed by atoms with Gasteiger partial charge < -0.3 is 0 Å². The molecule has 1 heterocycles. The number of fused-ring (bicyclic) bond motifs is 3. The maximum atomic E-state index is 11.1. The fraction of sp³-hybridized carbons (Fsp3) is 0.0909. The molecule has 0 aliphatic heterocycles. The predicted octanol–water partition coefficient (Wildman–Crippen LogP) is 3.04. The van der Waals surface area contributed by atoms with Crippen LogP contribution in [0, 0.1) is 30.3 Å². The van der Waals surface area contributed by atoms with E-state index in [-0.39, 0.29) is 22.7 Å². The van der Waals surface area contributed by atoms with Gasteiger partial charge >= 0.3 is 5.00 Å². The van der Waals surface area contributed by atoms with Crippen molar-refractivity contribution in [2.24, 2.45) is 0 Å². The first-order valence-electron chi connectivity index (χ1n) is 5.61. The Labute approximate surface area is 119 Å². The van der Waals surface area contributed by atoms with Gasteiger partial charge in [-0.3, -0.25) is 30.3 Å². The first kappa shape index (κ1) is 13.1. The van der Waals surface area contributed by atoms with Gasteiger partial charge in [-0.25, -0.2) is 0 Å². The van der Waals surface area contributed by atoms with Gasteiger partial charge in [-0.15, -0.1) is 0 Å². The fourth-order valence-electron chi connectivity index (χ4n) is 2.37. The number of hydrogen-bond acceptors (Lipinski definition) is 7. The average Bonchev–Trinajstić information content (AvgIpc) is 2.93. The molecule has 0 unspecified atom stereocenters. The van der Waals surface area contributed by atoms with Crippen LogP contribution in [0.25, 0.3) is 10.4 Å². The largest absolute Gasteiger partial charge is 0.324 e. The third-order valence-electron chi connectivity index (χ3n) is 3.18. The molecule has 0 atom stereocenters. The van der Waals surface area contributed by atoms with Crippen LogP contribution in [0.5, 0.6) is 0 Å². The van der Waals surface area contributed by atoms with Gasteiger partial charge in [0.2, 0.25) is 0 Å². The van der Waals surface area contributed by atoms with Crippen LogP contribution in [0.2, 0.25) is 0 Å². The van der Waals surface area contributed by atoms with Crippen molar-refractivity contribution in [3.63, 3.8) is 0 Å². The summed E-state index contributed by atoms with van der Waals surface area (Å²) in [4.78, 5) is 31.2. The van der Waals surface area contributed by atoms with Gasteiger partial charge in [0, 0.05) is 18.6 Å². The quantitative estimate of drug-likeness (QED) is 0.540. The second-order valence-corrected chi connectivity index (χ2v) is 5.42. The normalized spacial score (nSPS) is 11.8. The van der Waals surface area contributed by atoms with Crippen LogP contribution < -0.4 is 0 Å². The van der Waals surface area contributed by atoms with Crippen LogP contribution in [-0.4, -0.2) is 14.8 Å². The number of nitro benzene ring substituents is 2. The van der Waals surface area contributed by atoms with Crippen molar-refractivity contribution in [3.05, 3.63) is 59.7 Å². The lowest BCUT2D eigenvalue weighted by Crippen LogP contribution is -1.96. The molecule has 106 valence electrons. The topological polar surface area (TPSA) is 129 Å². The highest BCUT2D eigenvalue weighted by molar-refractivity contribution is 7.19. The Morgan fingerprint density at radius 1 is 0.905 bits per heavy atom. The zero-order valence-electron chi connectivity index (χ0n) is 10.1. The van der Waals surface area contributed by atoms with Crippen molar-refractivity contribution in [1.29, 1.82) is 0 Å². The van der Waals surface area contributed by atoms with E-state index in [2.05, 4.69) is 0 Å². The summed E-state index contributed by atoms with van der Waals surface area (Å²) in [6.07, 6.45) is 0.220. The number of nitro groups is 3. The van der Waals surface area contributed by atoms with Crippen LogP contribution in [0.1, 0.15) is 11.1 Å². The minimum atomic E-state index is -0.702. The summed E-state index contributed by atoms with van der Waals surface area (Å²) >= 11 is 0.845. The second-order valence-electron chi connectivity index (χ2n) is 4.39. The van der Waals surface area contributed by atoms with E-state index in [1.165, 1.54) is 12.1 Å². The van der Waals surface area contributed by atoms with Crippen LogP contribution in [-0.2, 0) is 6.42 Å². The van der Waals surface area contributed by atoms with E-state index in [1.54, 1.807) is 0 Å². The highest BCUT2D eigenvalue weighted by Gasteiger charge is 2.34. The zero-order chi connectivity index (χ0) is 15.3. The third-order valence-corrected chi connectivity index (χ3v) is 4.32. The predicted molar refractivity (Wildman–Crippen MR) is 72.5 cm³/mol. The van der Waals surface area contributed by atoms with Gasteiger partial charge in [-0.05, 0) is 11.1 Å². The van der Waals surface area contributed by atoms with Crippen molar-refractivity contribution < 1.29 is 14.8 Å². The Kier molecular flexibility index (Phi) is 2.69. The molecular weight excluding hydrogens is 302 g/mol. The summed E-state index contributed by atoms with van der Waals surface area (Å²) in [6, 6.07) is 3.52. The molecule has 21 heavy (non-hydrogen) atoms. The summed E-state index contributed by atoms with van der Waals surface area (Å²) in [5.41, 5.74) is 0.538. The van der Waals surface area contributed by atoms with Crippen molar-refractivity contribution >= 4 is 27.7 Å². The zero-order valence-corrected chi connectivity index (χ0v) is 11.0. The smallest absolute Gasteiger partial charge is 0.258 e. The number of benzene rings is 1. The molecule has 0 fully saturated rings.